The first-order valence-corrected chi connectivity index (χ1v) is 5.52. The SMILES string of the molecule is CC(CNC(=O)c1coc(Br)c1)CC(=O)O. The average Bonchev–Trinajstić information content (AvgIpc) is 2.60. The minimum absolute atomic E-state index is 0.0371. The van der Waals surface area contributed by atoms with Crippen LogP contribution in [0.1, 0.15) is 23.7 Å². The van der Waals surface area contributed by atoms with Crippen LogP contribution in [0.4, 0.5) is 0 Å². The summed E-state index contributed by atoms with van der Waals surface area (Å²) in [5.74, 6) is -1.24. The number of furan rings is 1. The van der Waals surface area contributed by atoms with Crippen LogP contribution in [0.5, 0.6) is 0 Å². The number of rotatable bonds is 5. The zero-order chi connectivity index (χ0) is 12.1. The molecule has 0 saturated heterocycles. The number of hydrogen-bond donors (Lipinski definition) is 2. The molecule has 0 aliphatic carbocycles. The van der Waals surface area contributed by atoms with Crippen LogP contribution in [0.15, 0.2) is 21.4 Å². The topological polar surface area (TPSA) is 79.5 Å². The van der Waals surface area contributed by atoms with Gasteiger partial charge in [-0.05, 0) is 21.8 Å². The summed E-state index contributed by atoms with van der Waals surface area (Å²) in [6.07, 6.45) is 1.37. The van der Waals surface area contributed by atoms with Gasteiger partial charge < -0.3 is 14.8 Å². The molecule has 0 radical (unpaired) electrons. The highest BCUT2D eigenvalue weighted by atomic mass is 79.9. The monoisotopic (exact) mass is 289 g/mol. The Hall–Kier alpha value is -1.30. The first-order valence-electron chi connectivity index (χ1n) is 4.73. The maximum atomic E-state index is 11.5. The van der Waals surface area contributed by atoms with Crippen LogP contribution in [-0.2, 0) is 4.79 Å². The predicted octanol–water partition coefficient (Wildman–Crippen LogP) is 1.88. The molecule has 0 bridgehead atoms. The second-order valence-electron chi connectivity index (χ2n) is 3.55. The van der Waals surface area contributed by atoms with Gasteiger partial charge >= 0.3 is 5.97 Å². The molecular weight excluding hydrogens is 278 g/mol. The van der Waals surface area contributed by atoms with Crippen LogP contribution in [-0.4, -0.2) is 23.5 Å². The lowest BCUT2D eigenvalue weighted by atomic mass is 10.1. The molecule has 0 aliphatic heterocycles. The molecule has 0 saturated carbocycles. The number of carboxylic acids is 1. The van der Waals surface area contributed by atoms with Crippen molar-refractivity contribution in [1.82, 2.24) is 5.32 Å². The van der Waals surface area contributed by atoms with Crippen LogP contribution in [0, 0.1) is 5.92 Å². The predicted molar refractivity (Wildman–Crippen MR) is 60.2 cm³/mol. The molecule has 1 rings (SSSR count). The van der Waals surface area contributed by atoms with Gasteiger partial charge in [-0.2, -0.15) is 0 Å². The highest BCUT2D eigenvalue weighted by Crippen LogP contribution is 2.13. The van der Waals surface area contributed by atoms with E-state index in [-0.39, 0.29) is 18.2 Å². The Labute approximate surface area is 101 Å². The van der Waals surface area contributed by atoms with Gasteiger partial charge in [0.2, 0.25) is 0 Å². The van der Waals surface area contributed by atoms with Gasteiger partial charge in [-0.15, -0.1) is 0 Å². The Bertz CT molecular complexity index is 388. The van der Waals surface area contributed by atoms with Crippen molar-refractivity contribution in [2.45, 2.75) is 13.3 Å². The number of carbonyl (C=O) groups is 2. The Morgan fingerprint density at radius 3 is 2.81 bits per heavy atom. The van der Waals surface area contributed by atoms with Crippen LogP contribution >= 0.6 is 15.9 Å². The third kappa shape index (κ3) is 4.06. The van der Waals surface area contributed by atoms with Crippen molar-refractivity contribution in [3.63, 3.8) is 0 Å². The zero-order valence-corrected chi connectivity index (χ0v) is 10.3. The van der Waals surface area contributed by atoms with E-state index in [1.54, 1.807) is 13.0 Å². The van der Waals surface area contributed by atoms with Crippen LogP contribution in [0.2, 0.25) is 0 Å². The highest BCUT2D eigenvalue weighted by molar-refractivity contribution is 9.10. The van der Waals surface area contributed by atoms with Gasteiger partial charge in [0, 0.05) is 19.0 Å². The molecule has 1 atom stereocenters. The Morgan fingerprint density at radius 2 is 2.31 bits per heavy atom. The summed E-state index contributed by atoms with van der Waals surface area (Å²) in [5.41, 5.74) is 0.411. The minimum atomic E-state index is -0.868. The van der Waals surface area contributed by atoms with Crippen molar-refractivity contribution in [1.29, 1.82) is 0 Å². The third-order valence-corrected chi connectivity index (χ3v) is 2.38. The summed E-state index contributed by atoms with van der Waals surface area (Å²) in [4.78, 5) is 21.9. The molecule has 2 N–H and O–H groups in total. The summed E-state index contributed by atoms with van der Waals surface area (Å²) in [6.45, 7) is 2.09. The molecule has 1 aromatic heterocycles. The van der Waals surface area contributed by atoms with E-state index in [9.17, 15) is 9.59 Å². The zero-order valence-electron chi connectivity index (χ0n) is 8.70. The van der Waals surface area contributed by atoms with E-state index in [2.05, 4.69) is 21.2 Å². The molecule has 16 heavy (non-hydrogen) atoms. The maximum Gasteiger partial charge on any atom is 0.303 e. The van der Waals surface area contributed by atoms with Crippen molar-refractivity contribution in [3.8, 4) is 0 Å². The molecule has 1 heterocycles. The molecule has 0 fully saturated rings. The molecule has 1 aromatic rings. The smallest absolute Gasteiger partial charge is 0.303 e. The molecule has 1 amide bonds. The lowest BCUT2D eigenvalue weighted by Crippen LogP contribution is -2.28. The number of aliphatic carboxylic acids is 1. The third-order valence-electron chi connectivity index (χ3n) is 1.96. The van der Waals surface area contributed by atoms with Gasteiger partial charge in [-0.1, -0.05) is 6.92 Å². The fraction of sp³-hybridized carbons (Fsp3) is 0.400. The quantitative estimate of drug-likeness (QED) is 0.867. The summed E-state index contributed by atoms with van der Waals surface area (Å²) in [7, 11) is 0. The van der Waals surface area contributed by atoms with E-state index in [4.69, 9.17) is 9.52 Å². The summed E-state index contributed by atoms with van der Waals surface area (Å²) in [5, 5.41) is 11.2. The van der Waals surface area contributed by atoms with Crippen molar-refractivity contribution >= 4 is 27.8 Å². The number of halogens is 1. The van der Waals surface area contributed by atoms with Gasteiger partial charge in [0.25, 0.3) is 5.91 Å². The van der Waals surface area contributed by atoms with E-state index >= 15 is 0 Å². The van der Waals surface area contributed by atoms with E-state index in [1.807, 2.05) is 0 Å². The van der Waals surface area contributed by atoms with Gasteiger partial charge in [0.05, 0.1) is 5.56 Å². The second kappa shape index (κ2) is 5.69. The first kappa shape index (κ1) is 12.8. The van der Waals surface area contributed by atoms with Gasteiger partial charge in [-0.3, -0.25) is 9.59 Å². The maximum absolute atomic E-state index is 11.5. The molecule has 6 heteroatoms. The van der Waals surface area contributed by atoms with Crippen molar-refractivity contribution in [2.75, 3.05) is 6.54 Å². The van der Waals surface area contributed by atoms with E-state index < -0.39 is 5.97 Å². The van der Waals surface area contributed by atoms with Crippen LogP contribution in [0.3, 0.4) is 0 Å². The normalized spacial score (nSPS) is 12.1. The molecule has 0 aliphatic rings. The standard InChI is InChI=1S/C10H12BrNO4/c1-6(2-9(13)14)4-12-10(15)7-3-8(11)16-5-7/h3,5-6H,2,4H2,1H3,(H,12,15)(H,13,14). The lowest BCUT2D eigenvalue weighted by Gasteiger charge is -2.09. The molecule has 5 nitrogen and oxygen atoms in total. The summed E-state index contributed by atoms with van der Waals surface area (Å²) < 4.78 is 5.40. The Kier molecular flexibility index (Phi) is 4.54. The van der Waals surface area contributed by atoms with Crippen molar-refractivity contribution in [3.05, 3.63) is 22.6 Å². The van der Waals surface area contributed by atoms with Crippen molar-refractivity contribution in [2.24, 2.45) is 5.92 Å². The molecule has 88 valence electrons. The van der Waals surface area contributed by atoms with Gasteiger partial charge in [0.15, 0.2) is 4.67 Å². The summed E-state index contributed by atoms with van der Waals surface area (Å²) >= 11 is 3.09. The number of nitrogens with one attached hydrogen (secondary N) is 1. The summed E-state index contributed by atoms with van der Waals surface area (Å²) in [6, 6.07) is 1.55. The minimum Gasteiger partial charge on any atom is -0.481 e. The lowest BCUT2D eigenvalue weighted by molar-refractivity contribution is -0.137. The second-order valence-corrected chi connectivity index (χ2v) is 4.33. The number of hydrogen-bond acceptors (Lipinski definition) is 3. The molecular formula is C10H12BrNO4. The number of amides is 1. The fourth-order valence-corrected chi connectivity index (χ4v) is 1.51. The van der Waals surface area contributed by atoms with E-state index in [0.29, 0.717) is 16.8 Å². The van der Waals surface area contributed by atoms with Gasteiger partial charge in [-0.25, -0.2) is 0 Å². The number of carboxylic acid groups (broad SMARTS) is 1. The van der Waals surface area contributed by atoms with E-state index in [0.717, 1.165) is 0 Å². The number of carbonyl (C=O) groups excluding carboxylic acids is 1. The fourth-order valence-electron chi connectivity index (χ4n) is 1.17. The highest BCUT2D eigenvalue weighted by Gasteiger charge is 2.12. The average molecular weight is 290 g/mol. The first-order chi connectivity index (χ1) is 7.49. The van der Waals surface area contributed by atoms with E-state index in [1.165, 1.54) is 6.26 Å². The van der Waals surface area contributed by atoms with Crippen LogP contribution in [0.25, 0.3) is 0 Å². The Balaban J connectivity index is 2.38. The largest absolute Gasteiger partial charge is 0.481 e. The van der Waals surface area contributed by atoms with Crippen molar-refractivity contribution < 1.29 is 19.1 Å². The molecule has 0 spiro atoms. The van der Waals surface area contributed by atoms with Gasteiger partial charge in [0.1, 0.15) is 6.26 Å². The molecule has 1 unspecified atom stereocenters. The Morgan fingerprint density at radius 1 is 1.62 bits per heavy atom. The molecule has 0 aromatic carbocycles. The van der Waals surface area contributed by atoms with Crippen LogP contribution < -0.4 is 5.32 Å².